The number of nitrogen functional groups attached to an aromatic ring is 1. The van der Waals surface area contributed by atoms with Gasteiger partial charge in [-0.2, -0.15) is 0 Å². The maximum absolute atomic E-state index is 12.8. The molecule has 0 radical (unpaired) electrons. The molecule has 0 aliphatic carbocycles. The van der Waals surface area contributed by atoms with Crippen molar-refractivity contribution in [3.63, 3.8) is 0 Å². The van der Waals surface area contributed by atoms with Crippen LogP contribution in [0.1, 0.15) is 18.4 Å². The van der Waals surface area contributed by atoms with E-state index in [0.717, 1.165) is 48.4 Å². The van der Waals surface area contributed by atoms with Crippen LogP contribution in [0.25, 0.3) is 33.5 Å². The molecule has 11 nitrogen and oxygen atoms in total. The van der Waals surface area contributed by atoms with Crippen LogP contribution in [0, 0.1) is 0 Å². The van der Waals surface area contributed by atoms with Gasteiger partial charge in [-0.25, -0.2) is 19.9 Å². The van der Waals surface area contributed by atoms with Gasteiger partial charge in [-0.05, 0) is 30.0 Å². The van der Waals surface area contributed by atoms with Crippen molar-refractivity contribution in [2.75, 3.05) is 56.6 Å². The Morgan fingerprint density at radius 2 is 1.70 bits per heavy atom. The second-order valence-corrected chi connectivity index (χ2v) is 10.3. The first-order chi connectivity index (χ1) is 19.5. The molecule has 6 rings (SSSR count). The van der Waals surface area contributed by atoms with Gasteiger partial charge in [-0.1, -0.05) is 24.3 Å². The lowest BCUT2D eigenvalue weighted by molar-refractivity contribution is -0.120. The molecule has 206 valence electrons. The lowest BCUT2D eigenvalue weighted by Crippen LogP contribution is -2.39. The Morgan fingerprint density at radius 3 is 2.48 bits per heavy atom. The van der Waals surface area contributed by atoms with Crippen molar-refractivity contribution in [2.45, 2.75) is 25.4 Å². The minimum absolute atomic E-state index is 0.170. The van der Waals surface area contributed by atoms with Gasteiger partial charge >= 0.3 is 0 Å². The molecule has 11 heteroatoms. The predicted molar refractivity (Wildman–Crippen MR) is 152 cm³/mol. The highest BCUT2D eigenvalue weighted by Crippen LogP contribution is 2.30. The van der Waals surface area contributed by atoms with E-state index < -0.39 is 0 Å². The van der Waals surface area contributed by atoms with Crippen molar-refractivity contribution in [1.29, 1.82) is 0 Å². The molecule has 0 unspecified atom stereocenters. The van der Waals surface area contributed by atoms with Crippen LogP contribution < -0.4 is 10.6 Å². The largest absolute Gasteiger partial charge is 0.393 e. The van der Waals surface area contributed by atoms with E-state index in [1.807, 2.05) is 36.5 Å². The number of anilines is 2. The number of benzene rings is 1. The highest BCUT2D eigenvalue weighted by Gasteiger charge is 2.21. The zero-order valence-corrected chi connectivity index (χ0v) is 22.2. The number of aromatic nitrogens is 5. The van der Waals surface area contributed by atoms with Gasteiger partial charge in [0.2, 0.25) is 5.95 Å². The molecule has 40 heavy (non-hydrogen) atoms. The van der Waals surface area contributed by atoms with Gasteiger partial charge in [0.15, 0.2) is 17.4 Å². The Balaban J connectivity index is 1.29. The van der Waals surface area contributed by atoms with Gasteiger partial charge in [0.1, 0.15) is 5.52 Å². The fourth-order valence-electron chi connectivity index (χ4n) is 5.21. The Bertz CT molecular complexity index is 1500. The number of aliphatic hydroxyl groups excluding tert-OH is 1. The van der Waals surface area contributed by atoms with Crippen LogP contribution in [0.5, 0.6) is 0 Å². The fraction of sp³-hybridized carbons (Fsp3) is 0.379. The number of pyridine rings is 1. The molecule has 1 aromatic carbocycles. The number of aliphatic hydroxyl groups is 1. The first-order valence-corrected chi connectivity index (χ1v) is 13.6. The topological polar surface area (TPSA) is 143 Å². The molecule has 0 saturated carbocycles. The lowest BCUT2D eigenvalue weighted by atomic mass is 10.0. The number of nitrogens with zero attached hydrogens (tertiary/aromatic N) is 7. The standard InChI is InChI=1S/C29H32N8O3/c30-29-32-16-22(17-33-29)27-34-25-14-21(15-31-26(25)28(35-27)37-8-10-40-11-9-37)20-3-1-2-19(12-20)13-24(39)18-36-6-4-23(38)5-7-36/h1-3,12,14-17,23,38H,4-11,13,18H2,(H2,30,32,33). The first kappa shape index (κ1) is 26.2. The molecule has 5 heterocycles. The highest BCUT2D eigenvalue weighted by atomic mass is 16.5. The van der Waals surface area contributed by atoms with Crippen LogP contribution in [0.3, 0.4) is 0 Å². The van der Waals surface area contributed by atoms with Crippen LogP contribution >= 0.6 is 0 Å². The molecule has 2 fully saturated rings. The molecule has 0 amide bonds. The van der Waals surface area contributed by atoms with E-state index in [0.29, 0.717) is 61.7 Å². The van der Waals surface area contributed by atoms with Crippen LogP contribution in [0.2, 0.25) is 0 Å². The smallest absolute Gasteiger partial charge is 0.219 e. The highest BCUT2D eigenvalue weighted by molar-refractivity contribution is 5.90. The van der Waals surface area contributed by atoms with E-state index in [4.69, 9.17) is 25.4 Å². The van der Waals surface area contributed by atoms with Gasteiger partial charge in [0.05, 0.1) is 36.9 Å². The fourth-order valence-corrected chi connectivity index (χ4v) is 5.21. The van der Waals surface area contributed by atoms with Crippen molar-refractivity contribution in [3.8, 4) is 22.5 Å². The molecule has 3 N–H and O–H groups in total. The number of hydrogen-bond acceptors (Lipinski definition) is 11. The van der Waals surface area contributed by atoms with Crippen LogP contribution in [-0.2, 0) is 16.0 Å². The quantitative estimate of drug-likeness (QED) is 0.356. The zero-order valence-electron chi connectivity index (χ0n) is 22.2. The van der Waals surface area contributed by atoms with E-state index in [1.165, 1.54) is 0 Å². The number of ether oxygens (including phenoxy) is 1. The second-order valence-electron chi connectivity index (χ2n) is 10.3. The van der Waals surface area contributed by atoms with E-state index in [-0.39, 0.29) is 17.8 Å². The number of carbonyl (C=O) groups is 1. The number of nitrogens with two attached hydrogens (primary N) is 1. The monoisotopic (exact) mass is 540 g/mol. The lowest BCUT2D eigenvalue weighted by Gasteiger charge is -2.28. The summed E-state index contributed by atoms with van der Waals surface area (Å²) >= 11 is 0. The van der Waals surface area contributed by atoms with Gasteiger partial charge in [0.25, 0.3) is 0 Å². The maximum Gasteiger partial charge on any atom is 0.219 e. The summed E-state index contributed by atoms with van der Waals surface area (Å²) < 4.78 is 5.55. The van der Waals surface area contributed by atoms with Gasteiger partial charge < -0.3 is 20.5 Å². The zero-order chi connectivity index (χ0) is 27.5. The van der Waals surface area contributed by atoms with Crippen molar-refractivity contribution in [1.82, 2.24) is 29.8 Å². The molecule has 0 spiro atoms. The van der Waals surface area contributed by atoms with Crippen molar-refractivity contribution >= 4 is 28.6 Å². The summed E-state index contributed by atoms with van der Waals surface area (Å²) in [5, 5.41) is 9.72. The molecular formula is C29H32N8O3. The Hall–Kier alpha value is -4.06. The molecule has 2 aliphatic rings. The number of hydrogen-bond donors (Lipinski definition) is 2. The first-order valence-electron chi connectivity index (χ1n) is 13.6. The number of Topliss-reactive ketones (excluding diaryl/α,β-unsaturated/α-hetero) is 1. The summed E-state index contributed by atoms with van der Waals surface area (Å²) in [4.78, 5) is 39.8. The van der Waals surface area contributed by atoms with Gasteiger partial charge in [-0.3, -0.25) is 14.7 Å². The third-order valence-electron chi connectivity index (χ3n) is 7.38. The Kier molecular flexibility index (Phi) is 7.58. The minimum Gasteiger partial charge on any atom is -0.393 e. The van der Waals surface area contributed by atoms with Gasteiger partial charge in [-0.15, -0.1) is 0 Å². The number of likely N-dealkylation sites (tertiary alicyclic amines) is 1. The van der Waals surface area contributed by atoms with Crippen molar-refractivity contribution in [3.05, 3.63) is 54.5 Å². The number of piperidine rings is 1. The Labute approximate surface area is 232 Å². The molecular weight excluding hydrogens is 508 g/mol. The minimum atomic E-state index is -0.246. The summed E-state index contributed by atoms with van der Waals surface area (Å²) in [6, 6.07) is 10.0. The number of morpholine rings is 1. The molecule has 4 aromatic rings. The summed E-state index contributed by atoms with van der Waals surface area (Å²) in [7, 11) is 0. The van der Waals surface area contributed by atoms with E-state index >= 15 is 0 Å². The second kappa shape index (κ2) is 11.6. The predicted octanol–water partition coefficient (Wildman–Crippen LogP) is 2.14. The van der Waals surface area contributed by atoms with Crippen LogP contribution in [-0.4, -0.2) is 92.8 Å². The van der Waals surface area contributed by atoms with E-state index in [1.54, 1.807) is 12.4 Å². The average molecular weight is 541 g/mol. The van der Waals surface area contributed by atoms with Gasteiger partial charge in [0, 0.05) is 56.8 Å². The molecule has 2 saturated heterocycles. The third kappa shape index (κ3) is 5.91. The van der Waals surface area contributed by atoms with Crippen LogP contribution in [0.4, 0.5) is 11.8 Å². The normalized spacial score (nSPS) is 16.9. The number of fused-ring (bicyclic) bond motifs is 1. The molecule has 0 atom stereocenters. The molecule has 2 aliphatic heterocycles. The van der Waals surface area contributed by atoms with Crippen molar-refractivity contribution in [2.24, 2.45) is 0 Å². The van der Waals surface area contributed by atoms with E-state index in [2.05, 4.69) is 19.8 Å². The third-order valence-corrected chi connectivity index (χ3v) is 7.38. The van der Waals surface area contributed by atoms with Crippen LogP contribution in [0.15, 0.2) is 48.9 Å². The molecule has 0 bridgehead atoms. The maximum atomic E-state index is 12.8. The number of rotatable bonds is 7. The SMILES string of the molecule is Nc1ncc(-c2nc(N3CCOCC3)c3ncc(-c4cccc(CC(=O)CN5CCC(O)CC5)c4)cc3n2)cn1. The summed E-state index contributed by atoms with van der Waals surface area (Å²) in [5.41, 5.74) is 10.6. The Morgan fingerprint density at radius 1 is 0.950 bits per heavy atom. The summed E-state index contributed by atoms with van der Waals surface area (Å²) in [6.07, 6.45) is 6.64. The number of ketones is 1. The van der Waals surface area contributed by atoms with E-state index in [9.17, 15) is 9.90 Å². The molecule has 3 aromatic heterocycles. The number of carbonyl (C=O) groups excluding carboxylic acids is 1. The average Bonchev–Trinajstić information content (AvgIpc) is 2.98. The summed E-state index contributed by atoms with van der Waals surface area (Å²) in [5.74, 6) is 1.60. The van der Waals surface area contributed by atoms with Crippen molar-refractivity contribution < 1.29 is 14.6 Å². The summed E-state index contributed by atoms with van der Waals surface area (Å²) in [6.45, 7) is 4.59.